The maximum Gasteiger partial charge on any atom is 0.573 e. The summed E-state index contributed by atoms with van der Waals surface area (Å²) in [6.45, 7) is 0.576. The van der Waals surface area contributed by atoms with E-state index in [9.17, 15) is 13.2 Å². The molecule has 1 aromatic carbocycles. The zero-order chi connectivity index (χ0) is 17.6. The van der Waals surface area contributed by atoms with Gasteiger partial charge in [0.1, 0.15) is 5.75 Å². The third kappa shape index (κ3) is 5.99. The monoisotopic (exact) mass is 340 g/mol. The number of nitrogens with two attached hydrogens (primary N) is 1. The minimum absolute atomic E-state index is 0.151. The maximum absolute atomic E-state index is 12.1. The molecule has 0 spiro atoms. The van der Waals surface area contributed by atoms with Crippen LogP contribution in [-0.4, -0.2) is 18.9 Å². The topological polar surface area (TPSA) is 83.4 Å². The Kier molecular flexibility index (Phi) is 5.90. The highest BCUT2D eigenvalue weighted by atomic mass is 19.4. The number of benzene rings is 1. The molecule has 1 aliphatic carbocycles. The van der Waals surface area contributed by atoms with Crippen LogP contribution < -0.4 is 15.8 Å². The first-order chi connectivity index (χ1) is 11.4. The average Bonchev–Trinajstić information content (AvgIpc) is 2.54. The Morgan fingerprint density at radius 1 is 1.25 bits per heavy atom. The van der Waals surface area contributed by atoms with Crippen LogP contribution in [0, 0.1) is 23.2 Å². The smallest absolute Gasteiger partial charge is 0.406 e. The predicted molar refractivity (Wildman–Crippen MR) is 84.3 cm³/mol. The molecule has 1 aliphatic rings. The average molecular weight is 340 g/mol. The third-order valence-corrected chi connectivity index (χ3v) is 3.91. The third-order valence-electron chi connectivity index (χ3n) is 3.91. The molecule has 5 nitrogen and oxygen atoms in total. The van der Waals surface area contributed by atoms with E-state index in [4.69, 9.17) is 11.0 Å². The molecule has 0 atom stereocenters. The van der Waals surface area contributed by atoms with Crippen LogP contribution in [0.2, 0.25) is 0 Å². The number of guanidine groups is 1. The summed E-state index contributed by atoms with van der Waals surface area (Å²) < 4.78 is 40.0. The summed E-state index contributed by atoms with van der Waals surface area (Å²) in [6.07, 6.45) is -1.01. The van der Waals surface area contributed by atoms with Crippen molar-refractivity contribution in [2.45, 2.75) is 32.0 Å². The van der Waals surface area contributed by atoms with Crippen LogP contribution in [0.25, 0.3) is 0 Å². The number of nitriles is 1. The van der Waals surface area contributed by atoms with Crippen LogP contribution in [0.3, 0.4) is 0 Å². The van der Waals surface area contributed by atoms with Crippen molar-refractivity contribution < 1.29 is 17.9 Å². The highest BCUT2D eigenvalue weighted by molar-refractivity contribution is 5.92. The predicted octanol–water partition coefficient (Wildman–Crippen LogP) is 3.64. The van der Waals surface area contributed by atoms with Crippen LogP contribution >= 0.6 is 0 Å². The number of anilines is 1. The summed E-state index contributed by atoms with van der Waals surface area (Å²) in [5.41, 5.74) is 6.32. The second-order valence-electron chi connectivity index (χ2n) is 5.77. The Labute approximate surface area is 138 Å². The van der Waals surface area contributed by atoms with Gasteiger partial charge in [0, 0.05) is 18.2 Å². The first-order valence-electron chi connectivity index (χ1n) is 7.68. The van der Waals surface area contributed by atoms with Gasteiger partial charge in [-0.25, -0.2) is 0 Å². The van der Waals surface area contributed by atoms with Gasteiger partial charge in [0.2, 0.25) is 0 Å². The number of rotatable bonds is 4. The van der Waals surface area contributed by atoms with Crippen LogP contribution in [0.5, 0.6) is 5.75 Å². The molecule has 0 radical (unpaired) electrons. The normalized spacial score (nSPS) is 21.8. The van der Waals surface area contributed by atoms with Crippen LogP contribution in [0.15, 0.2) is 29.3 Å². The van der Waals surface area contributed by atoms with Crippen molar-refractivity contribution in [1.82, 2.24) is 0 Å². The first kappa shape index (κ1) is 17.9. The maximum atomic E-state index is 12.1. The van der Waals surface area contributed by atoms with Crippen molar-refractivity contribution in [1.29, 1.82) is 5.26 Å². The highest BCUT2D eigenvalue weighted by Crippen LogP contribution is 2.28. The SMILES string of the molecule is N#CC1CCC(CN=C(N)Nc2ccc(OC(F)(F)F)cc2)CC1. The molecule has 1 saturated carbocycles. The number of ether oxygens (including phenoxy) is 1. The summed E-state index contributed by atoms with van der Waals surface area (Å²) >= 11 is 0. The van der Waals surface area contributed by atoms with E-state index in [0.717, 1.165) is 25.7 Å². The van der Waals surface area contributed by atoms with E-state index in [1.54, 1.807) is 0 Å². The number of hydrogen-bond acceptors (Lipinski definition) is 3. The lowest BCUT2D eigenvalue weighted by molar-refractivity contribution is -0.274. The zero-order valence-electron chi connectivity index (χ0n) is 13.0. The number of nitrogens with zero attached hydrogens (tertiary/aromatic N) is 2. The molecule has 1 fully saturated rings. The molecule has 0 aromatic heterocycles. The fourth-order valence-electron chi connectivity index (χ4n) is 2.63. The number of alkyl halides is 3. The van der Waals surface area contributed by atoms with Crippen molar-refractivity contribution in [3.05, 3.63) is 24.3 Å². The number of hydrogen-bond donors (Lipinski definition) is 2. The number of halogens is 3. The fraction of sp³-hybridized carbons (Fsp3) is 0.500. The summed E-state index contributed by atoms with van der Waals surface area (Å²) in [5, 5.41) is 11.7. The van der Waals surface area contributed by atoms with Gasteiger partial charge in [0.15, 0.2) is 5.96 Å². The Morgan fingerprint density at radius 2 is 1.88 bits per heavy atom. The fourth-order valence-corrected chi connectivity index (χ4v) is 2.63. The van der Waals surface area contributed by atoms with Crippen LogP contribution in [0.1, 0.15) is 25.7 Å². The molecular formula is C16H19F3N4O. The molecule has 3 N–H and O–H groups in total. The van der Waals surface area contributed by atoms with E-state index in [1.165, 1.54) is 24.3 Å². The molecule has 0 saturated heterocycles. The lowest BCUT2D eigenvalue weighted by Crippen LogP contribution is -2.24. The molecule has 24 heavy (non-hydrogen) atoms. The summed E-state index contributed by atoms with van der Waals surface area (Å²) in [4.78, 5) is 4.26. The Hall–Kier alpha value is -2.43. The van der Waals surface area contributed by atoms with E-state index in [1.807, 2.05) is 0 Å². The van der Waals surface area contributed by atoms with Crippen molar-refractivity contribution >= 4 is 11.6 Å². The van der Waals surface area contributed by atoms with Crippen molar-refractivity contribution in [2.75, 3.05) is 11.9 Å². The van der Waals surface area contributed by atoms with E-state index < -0.39 is 6.36 Å². The highest BCUT2D eigenvalue weighted by Gasteiger charge is 2.30. The van der Waals surface area contributed by atoms with Gasteiger partial charge in [-0.3, -0.25) is 4.99 Å². The zero-order valence-corrected chi connectivity index (χ0v) is 13.0. The van der Waals surface area contributed by atoms with Crippen molar-refractivity contribution in [3.8, 4) is 11.8 Å². The summed E-state index contributed by atoms with van der Waals surface area (Å²) in [5.74, 6) is 0.482. The minimum atomic E-state index is -4.71. The van der Waals surface area contributed by atoms with Gasteiger partial charge < -0.3 is 15.8 Å². The molecule has 0 aliphatic heterocycles. The van der Waals surface area contributed by atoms with Crippen molar-refractivity contribution in [3.63, 3.8) is 0 Å². The van der Waals surface area contributed by atoms with Gasteiger partial charge in [-0.15, -0.1) is 13.2 Å². The Morgan fingerprint density at radius 3 is 2.42 bits per heavy atom. The van der Waals surface area contributed by atoms with Gasteiger partial charge in [-0.2, -0.15) is 5.26 Å². The van der Waals surface area contributed by atoms with Gasteiger partial charge in [-0.05, 0) is 55.9 Å². The molecule has 130 valence electrons. The lowest BCUT2D eigenvalue weighted by Gasteiger charge is -2.23. The molecule has 8 heteroatoms. The molecular weight excluding hydrogens is 321 g/mol. The molecule has 0 unspecified atom stereocenters. The molecule has 0 heterocycles. The van der Waals surface area contributed by atoms with E-state index >= 15 is 0 Å². The second-order valence-corrected chi connectivity index (χ2v) is 5.77. The van der Waals surface area contributed by atoms with E-state index in [0.29, 0.717) is 18.2 Å². The Balaban J connectivity index is 1.81. The first-order valence-corrected chi connectivity index (χ1v) is 7.68. The second kappa shape index (κ2) is 7.90. The van der Waals surface area contributed by atoms with Crippen LogP contribution in [0.4, 0.5) is 18.9 Å². The van der Waals surface area contributed by atoms with Gasteiger partial charge in [0.05, 0.1) is 6.07 Å². The minimum Gasteiger partial charge on any atom is -0.406 e. The van der Waals surface area contributed by atoms with Crippen molar-refractivity contribution in [2.24, 2.45) is 22.6 Å². The molecule has 0 amide bonds. The lowest BCUT2D eigenvalue weighted by atomic mass is 9.83. The quantitative estimate of drug-likeness (QED) is 0.647. The number of nitrogens with one attached hydrogen (secondary N) is 1. The summed E-state index contributed by atoms with van der Waals surface area (Å²) in [7, 11) is 0. The molecule has 2 rings (SSSR count). The van der Waals surface area contributed by atoms with E-state index in [-0.39, 0.29) is 17.6 Å². The number of aliphatic imine (C=N–C) groups is 1. The molecule has 0 bridgehead atoms. The van der Waals surface area contributed by atoms with Gasteiger partial charge in [0.25, 0.3) is 0 Å². The molecule has 1 aromatic rings. The van der Waals surface area contributed by atoms with Crippen LogP contribution in [-0.2, 0) is 0 Å². The Bertz CT molecular complexity index is 599. The standard InChI is InChI=1S/C16H19F3N4O/c17-16(18,19)24-14-7-5-13(6-8-14)23-15(21)22-10-12-3-1-11(9-20)2-4-12/h5-8,11-12H,1-4,10H2,(H3,21,22,23). The largest absolute Gasteiger partial charge is 0.573 e. The summed E-state index contributed by atoms with van der Waals surface area (Å²) in [6, 6.07) is 7.55. The van der Waals surface area contributed by atoms with Gasteiger partial charge in [-0.1, -0.05) is 0 Å². The van der Waals surface area contributed by atoms with E-state index in [2.05, 4.69) is 21.1 Å². The van der Waals surface area contributed by atoms with Gasteiger partial charge >= 0.3 is 6.36 Å².